The molecule has 0 bridgehead atoms. The van der Waals surface area contributed by atoms with Gasteiger partial charge < -0.3 is 20.5 Å². The molecule has 216 valence electrons. The van der Waals surface area contributed by atoms with Crippen LogP contribution in [0, 0.1) is 22.9 Å². The van der Waals surface area contributed by atoms with Crippen LogP contribution in [-0.2, 0) is 11.3 Å². The van der Waals surface area contributed by atoms with Gasteiger partial charge in [-0.3, -0.25) is 9.78 Å². The van der Waals surface area contributed by atoms with Crippen molar-refractivity contribution in [1.29, 1.82) is 0 Å². The number of methoxy groups -OCH3 is 1. The van der Waals surface area contributed by atoms with E-state index in [0.29, 0.717) is 78.5 Å². The number of aliphatic carboxylic acids is 1. The topological polar surface area (TPSA) is 88.7 Å². The maximum Gasteiger partial charge on any atom is 0.303 e. The van der Waals surface area contributed by atoms with Gasteiger partial charge in [0.15, 0.2) is 11.6 Å². The number of fused-ring (bicyclic) bond motifs is 1. The molecule has 0 aliphatic carbocycles. The van der Waals surface area contributed by atoms with Crippen LogP contribution < -0.4 is 10.5 Å². The van der Waals surface area contributed by atoms with E-state index in [1.165, 1.54) is 7.11 Å². The largest absolute Gasteiger partial charge is 0.497 e. The number of aromatic nitrogens is 1. The number of carbonyl (C=O) groups is 1. The molecule has 2 heterocycles. The number of piperidine rings is 1. The zero-order chi connectivity index (χ0) is 28.9. The molecule has 1 aromatic heterocycles. The van der Waals surface area contributed by atoms with Gasteiger partial charge in [-0.05, 0) is 74.0 Å². The van der Waals surface area contributed by atoms with E-state index in [-0.39, 0.29) is 24.3 Å². The molecular weight excluding hydrogens is 546 g/mol. The van der Waals surface area contributed by atoms with Gasteiger partial charge >= 0.3 is 5.97 Å². The number of hydrogen-bond acceptors (Lipinski definition) is 6. The summed E-state index contributed by atoms with van der Waals surface area (Å²) in [5, 5.41) is 10.3. The summed E-state index contributed by atoms with van der Waals surface area (Å²) in [4.78, 5) is 18.2. The van der Waals surface area contributed by atoms with Crippen LogP contribution in [0.4, 0.5) is 17.6 Å². The van der Waals surface area contributed by atoms with E-state index in [1.807, 2.05) is 0 Å². The van der Waals surface area contributed by atoms with Crippen LogP contribution in [0.15, 0.2) is 41.4 Å². The summed E-state index contributed by atoms with van der Waals surface area (Å²) in [6, 6.07) is 6.76. The maximum atomic E-state index is 15.9. The summed E-state index contributed by atoms with van der Waals surface area (Å²) in [5.74, 6) is -3.05. The Morgan fingerprint density at radius 1 is 1.23 bits per heavy atom. The SMILES string of the molecule is COc1ccc2ncc(CN)c(C(F)CCC3(CC(=O)O)CCN(CCSc4cc(F)cc(F)c4F)CC3)c2c1. The molecule has 4 rings (SSSR count). The fraction of sp³-hybridized carbons (Fsp3) is 0.448. The zero-order valence-electron chi connectivity index (χ0n) is 22.3. The van der Waals surface area contributed by atoms with Gasteiger partial charge in [0.25, 0.3) is 0 Å². The average molecular weight is 580 g/mol. The zero-order valence-corrected chi connectivity index (χ0v) is 23.1. The highest BCUT2D eigenvalue weighted by Gasteiger charge is 2.37. The van der Waals surface area contributed by atoms with Crippen molar-refractivity contribution in [3.05, 3.63) is 65.1 Å². The van der Waals surface area contributed by atoms with Crippen molar-refractivity contribution in [2.75, 3.05) is 32.5 Å². The standard InChI is InChI=1S/C29H33F4N3O3S/c1-39-20-2-3-24-21(14-20)27(18(16-34)17-35-24)22(31)4-5-29(15-26(37)38)6-8-36(9-7-29)10-11-40-25-13-19(30)12-23(32)28(25)33/h2-3,12-14,17,22H,4-11,15-16,34H2,1H3,(H,37,38). The summed E-state index contributed by atoms with van der Waals surface area (Å²) >= 11 is 1.03. The Morgan fingerprint density at radius 3 is 2.65 bits per heavy atom. The fourth-order valence-corrected chi connectivity index (χ4v) is 6.47. The molecule has 0 spiro atoms. The van der Waals surface area contributed by atoms with Gasteiger partial charge in [-0.2, -0.15) is 0 Å². The minimum Gasteiger partial charge on any atom is -0.497 e. The van der Waals surface area contributed by atoms with Crippen molar-refractivity contribution in [2.45, 2.75) is 49.7 Å². The van der Waals surface area contributed by atoms with Crippen LogP contribution in [0.5, 0.6) is 5.75 Å². The first kappa shape index (κ1) is 30.1. The molecule has 3 aromatic rings. The molecule has 40 heavy (non-hydrogen) atoms. The fourth-order valence-electron chi connectivity index (χ4n) is 5.48. The first-order valence-corrected chi connectivity index (χ1v) is 14.1. The smallest absolute Gasteiger partial charge is 0.303 e. The molecular formula is C29H33F4N3O3S. The average Bonchev–Trinajstić information content (AvgIpc) is 2.94. The first-order valence-electron chi connectivity index (χ1n) is 13.2. The van der Waals surface area contributed by atoms with Crippen molar-refractivity contribution < 1.29 is 32.2 Å². The van der Waals surface area contributed by atoms with Gasteiger partial charge in [-0.25, -0.2) is 17.6 Å². The second kappa shape index (κ2) is 13.2. The maximum absolute atomic E-state index is 15.9. The van der Waals surface area contributed by atoms with Crippen molar-refractivity contribution in [3.8, 4) is 5.75 Å². The molecule has 1 unspecified atom stereocenters. The van der Waals surface area contributed by atoms with E-state index in [1.54, 1.807) is 24.4 Å². The molecule has 6 nitrogen and oxygen atoms in total. The van der Waals surface area contributed by atoms with Crippen LogP contribution in [0.2, 0.25) is 0 Å². The summed E-state index contributed by atoms with van der Waals surface area (Å²) in [6.45, 7) is 1.85. The Bertz CT molecular complexity index is 1350. The molecule has 11 heteroatoms. The number of pyridine rings is 1. The quantitative estimate of drug-likeness (QED) is 0.149. The van der Waals surface area contributed by atoms with E-state index >= 15 is 4.39 Å². The van der Waals surface area contributed by atoms with Gasteiger partial charge in [-0.15, -0.1) is 11.8 Å². The number of alkyl halides is 1. The normalized spacial score (nSPS) is 16.2. The van der Waals surface area contributed by atoms with Gasteiger partial charge in [0, 0.05) is 47.0 Å². The predicted molar refractivity (Wildman–Crippen MR) is 147 cm³/mol. The molecule has 1 fully saturated rings. The van der Waals surface area contributed by atoms with Gasteiger partial charge in [-0.1, -0.05) is 0 Å². The highest BCUT2D eigenvalue weighted by Crippen LogP contribution is 2.43. The van der Waals surface area contributed by atoms with Crippen molar-refractivity contribution in [1.82, 2.24) is 9.88 Å². The number of nitrogens with zero attached hydrogens (tertiary/aromatic N) is 2. The number of ether oxygens (including phenoxy) is 1. The van der Waals surface area contributed by atoms with E-state index in [0.717, 1.165) is 17.8 Å². The first-order chi connectivity index (χ1) is 19.1. The molecule has 0 radical (unpaired) electrons. The summed E-state index contributed by atoms with van der Waals surface area (Å²) < 4.78 is 62.1. The van der Waals surface area contributed by atoms with E-state index in [2.05, 4.69) is 9.88 Å². The number of carboxylic acid groups (broad SMARTS) is 1. The van der Waals surface area contributed by atoms with E-state index < -0.39 is 35.0 Å². The lowest BCUT2D eigenvalue weighted by atomic mass is 9.71. The number of carboxylic acids is 1. The molecule has 1 atom stereocenters. The summed E-state index contributed by atoms with van der Waals surface area (Å²) in [6.07, 6.45) is 1.81. The number of halogens is 4. The Balaban J connectivity index is 1.41. The highest BCUT2D eigenvalue weighted by molar-refractivity contribution is 7.99. The van der Waals surface area contributed by atoms with Crippen LogP contribution in [0.3, 0.4) is 0 Å². The van der Waals surface area contributed by atoms with Crippen LogP contribution in [0.25, 0.3) is 10.9 Å². The summed E-state index contributed by atoms with van der Waals surface area (Å²) in [5.41, 5.74) is 7.04. The molecule has 3 N–H and O–H groups in total. The third-order valence-electron chi connectivity index (χ3n) is 7.73. The Hall–Kier alpha value is -2.89. The molecule has 2 aromatic carbocycles. The third-order valence-corrected chi connectivity index (χ3v) is 8.72. The monoisotopic (exact) mass is 579 g/mol. The lowest BCUT2D eigenvalue weighted by molar-refractivity contribution is -0.141. The predicted octanol–water partition coefficient (Wildman–Crippen LogP) is 6.26. The number of benzene rings is 2. The molecule has 0 saturated carbocycles. The summed E-state index contributed by atoms with van der Waals surface area (Å²) in [7, 11) is 1.54. The van der Waals surface area contributed by atoms with Crippen molar-refractivity contribution in [3.63, 3.8) is 0 Å². The number of thioether (sulfide) groups is 1. The Labute approximate surface area is 234 Å². The number of hydrogen-bond donors (Lipinski definition) is 2. The minimum absolute atomic E-state index is 0.0647. The second-order valence-electron chi connectivity index (χ2n) is 10.3. The van der Waals surface area contributed by atoms with Gasteiger partial charge in [0.05, 0.1) is 19.0 Å². The molecule has 0 amide bonds. The minimum atomic E-state index is -1.36. The third kappa shape index (κ3) is 7.05. The number of rotatable bonds is 12. The number of likely N-dealkylation sites (tertiary alicyclic amines) is 1. The highest BCUT2D eigenvalue weighted by atomic mass is 32.2. The molecule has 1 aliphatic heterocycles. The second-order valence-corrected chi connectivity index (χ2v) is 11.4. The molecule has 1 saturated heterocycles. The lowest BCUT2D eigenvalue weighted by Gasteiger charge is -2.41. The Morgan fingerprint density at radius 2 is 1.98 bits per heavy atom. The van der Waals surface area contributed by atoms with Crippen LogP contribution in [0.1, 0.15) is 49.4 Å². The van der Waals surface area contributed by atoms with Crippen molar-refractivity contribution in [2.24, 2.45) is 11.1 Å². The van der Waals surface area contributed by atoms with E-state index in [9.17, 15) is 23.1 Å². The lowest BCUT2D eigenvalue weighted by Crippen LogP contribution is -2.42. The van der Waals surface area contributed by atoms with Gasteiger partial charge in [0.1, 0.15) is 17.7 Å². The Kier molecular flexibility index (Phi) is 9.91. The van der Waals surface area contributed by atoms with E-state index in [4.69, 9.17) is 10.5 Å². The van der Waals surface area contributed by atoms with Crippen LogP contribution in [-0.4, -0.2) is 53.5 Å². The molecule has 1 aliphatic rings. The van der Waals surface area contributed by atoms with Crippen LogP contribution >= 0.6 is 11.8 Å². The number of nitrogens with two attached hydrogens (primary N) is 1. The van der Waals surface area contributed by atoms with Crippen molar-refractivity contribution >= 4 is 28.6 Å². The van der Waals surface area contributed by atoms with Gasteiger partial charge in [0.2, 0.25) is 0 Å².